The van der Waals surface area contributed by atoms with E-state index in [1.165, 1.54) is 30.6 Å². The molecule has 5 aliphatic rings. The molecule has 71 heavy (non-hydrogen) atoms. The van der Waals surface area contributed by atoms with Gasteiger partial charge >= 0.3 is 12.2 Å². The Balaban J connectivity index is 0.718. The van der Waals surface area contributed by atoms with Crippen LogP contribution < -0.4 is 26.0 Å². The molecule has 5 fully saturated rings. The highest BCUT2D eigenvalue weighted by Gasteiger charge is 2.40. The van der Waals surface area contributed by atoms with Crippen molar-refractivity contribution in [3.05, 3.63) is 81.6 Å². The van der Waals surface area contributed by atoms with Crippen molar-refractivity contribution < 1.29 is 37.1 Å². The number of hydrogen-bond acceptors (Lipinski definition) is 10. The number of fused-ring (bicyclic) bond motifs is 1. The summed E-state index contributed by atoms with van der Waals surface area (Å²) in [6, 6.07) is 11.5. The molecule has 5 amide bonds. The minimum atomic E-state index is -4.53. The third-order valence-electron chi connectivity index (χ3n) is 16.2. The summed E-state index contributed by atoms with van der Waals surface area (Å²) in [4.78, 5) is 69.0. The Kier molecular flexibility index (Phi) is 14.7. The number of rotatable bonds is 11. The maximum Gasteiger partial charge on any atom is 0.416 e. The summed E-state index contributed by atoms with van der Waals surface area (Å²) in [7, 11) is 1.64. The van der Waals surface area contributed by atoms with Crippen molar-refractivity contribution >= 4 is 63.4 Å². The Bertz CT molecular complexity index is 2650. The number of halogens is 4. The first-order valence-corrected chi connectivity index (χ1v) is 25.7. The Hall–Kier alpha value is -5.68. The van der Waals surface area contributed by atoms with Crippen LogP contribution in [0.5, 0.6) is 5.75 Å². The molecule has 2 saturated carbocycles. The second-order valence-corrected chi connectivity index (χ2v) is 21.1. The van der Waals surface area contributed by atoms with Crippen LogP contribution in [0.1, 0.15) is 129 Å². The number of nitrogens with one attached hydrogen (secondary N) is 2. The number of piperazine rings is 1. The van der Waals surface area contributed by atoms with Crippen molar-refractivity contribution in [3.63, 3.8) is 0 Å². The van der Waals surface area contributed by atoms with Gasteiger partial charge in [-0.25, -0.2) is 14.8 Å². The zero-order valence-electron chi connectivity index (χ0n) is 40.9. The first-order valence-electron chi connectivity index (χ1n) is 25.3. The van der Waals surface area contributed by atoms with Gasteiger partial charge in [0.1, 0.15) is 17.4 Å². The Morgan fingerprint density at radius 1 is 0.901 bits per heavy atom. The van der Waals surface area contributed by atoms with Crippen molar-refractivity contribution in [3.8, 4) is 5.75 Å². The standard InChI is InChI=1S/C53H65ClF3N9O5/c1-32(38-26-39(53(55,56)57)29-40(58)27-38)59-48-42-30-41(46(71-3)31-44(42)60-33(2)61-48)35-4-6-36(7-5-35)49(68)65-24-22-63(23-25-65)18-12-34-10-14-52(15-11-34)16-20-64(21-17-52)50(69)37-8-9-43(54)45(28-37)66-19-13-47(67)62-51(66)70/h8-9,26-32,34-36H,4-7,10-25,58H2,1-3H3,(H,59,60,61)(H,62,67,70)/t32-,35-,36+/m1/s1. The number of ether oxygens (including phenoxy) is 1. The number of methoxy groups -OCH3 is 1. The molecule has 3 aliphatic heterocycles. The number of benzene rings is 3. The van der Waals surface area contributed by atoms with Gasteiger partial charge in [-0.05, 0) is 162 Å². The molecule has 4 aromatic rings. The van der Waals surface area contributed by atoms with E-state index in [1.54, 1.807) is 45.2 Å². The van der Waals surface area contributed by atoms with Crippen LogP contribution in [0.3, 0.4) is 0 Å². The van der Waals surface area contributed by atoms with Crippen molar-refractivity contribution in [2.45, 2.75) is 109 Å². The van der Waals surface area contributed by atoms with E-state index < -0.39 is 23.8 Å². The zero-order chi connectivity index (χ0) is 50.2. The van der Waals surface area contributed by atoms with Gasteiger partial charge in [0, 0.05) is 80.9 Å². The number of amides is 5. The zero-order valence-corrected chi connectivity index (χ0v) is 41.6. The molecular weight excluding hydrogens is 935 g/mol. The van der Waals surface area contributed by atoms with Crippen molar-refractivity contribution in [2.24, 2.45) is 17.3 Å². The summed E-state index contributed by atoms with van der Waals surface area (Å²) in [6.07, 6.45) is 6.74. The van der Waals surface area contributed by atoms with E-state index in [9.17, 15) is 32.3 Å². The van der Waals surface area contributed by atoms with Crippen molar-refractivity contribution in [2.75, 3.05) is 75.4 Å². The number of nitrogens with two attached hydrogens (primary N) is 1. The van der Waals surface area contributed by atoms with E-state index in [0.29, 0.717) is 63.8 Å². The second-order valence-electron chi connectivity index (χ2n) is 20.6. The number of nitrogen functional groups attached to an aromatic ring is 1. The van der Waals surface area contributed by atoms with Crippen LogP contribution in [0.15, 0.2) is 48.5 Å². The number of carbonyl (C=O) groups is 4. The fraction of sp³-hybridized carbons (Fsp3) is 0.547. The molecule has 2 aliphatic carbocycles. The molecule has 1 atom stereocenters. The van der Waals surface area contributed by atoms with Crippen molar-refractivity contribution in [1.29, 1.82) is 0 Å². The van der Waals surface area contributed by atoms with Gasteiger partial charge in [0.2, 0.25) is 11.8 Å². The fourth-order valence-electron chi connectivity index (χ4n) is 11.8. The van der Waals surface area contributed by atoms with E-state index in [0.717, 1.165) is 101 Å². The van der Waals surface area contributed by atoms with Gasteiger partial charge in [-0.1, -0.05) is 11.6 Å². The normalized spacial score (nSPS) is 21.9. The number of likely N-dealkylation sites (tertiary alicyclic amines) is 1. The Morgan fingerprint density at radius 2 is 1.62 bits per heavy atom. The molecule has 0 radical (unpaired) electrons. The highest BCUT2D eigenvalue weighted by atomic mass is 35.5. The van der Waals surface area contributed by atoms with Gasteiger partial charge in [-0.15, -0.1) is 0 Å². The highest BCUT2D eigenvalue weighted by molar-refractivity contribution is 6.34. The average molecular weight is 1000 g/mol. The summed E-state index contributed by atoms with van der Waals surface area (Å²) in [5.41, 5.74) is 8.38. The molecule has 3 saturated heterocycles. The quantitative estimate of drug-likeness (QED) is 0.123. The van der Waals surface area contributed by atoms with E-state index in [1.807, 2.05) is 17.0 Å². The van der Waals surface area contributed by atoms with E-state index in [4.69, 9.17) is 22.1 Å². The van der Waals surface area contributed by atoms with Gasteiger partial charge in [-0.3, -0.25) is 29.5 Å². The third kappa shape index (κ3) is 11.2. The summed E-state index contributed by atoms with van der Waals surface area (Å²) in [5.74, 6) is 2.40. The number of anilines is 3. The molecular formula is C53H65ClF3N9O5. The average Bonchev–Trinajstić information content (AvgIpc) is 3.35. The van der Waals surface area contributed by atoms with Crippen LogP contribution in [0.2, 0.25) is 5.02 Å². The Morgan fingerprint density at radius 3 is 2.30 bits per heavy atom. The van der Waals surface area contributed by atoms with Gasteiger partial charge in [0.25, 0.3) is 5.91 Å². The molecule has 14 nitrogen and oxygen atoms in total. The van der Waals surface area contributed by atoms with Gasteiger partial charge in [-0.2, -0.15) is 13.2 Å². The number of urea groups is 1. The van der Waals surface area contributed by atoms with E-state index in [-0.39, 0.29) is 53.6 Å². The first-order chi connectivity index (χ1) is 34.0. The molecule has 0 bridgehead atoms. The lowest BCUT2D eigenvalue weighted by Crippen LogP contribution is -2.51. The van der Waals surface area contributed by atoms with Gasteiger partial charge in [0.05, 0.1) is 34.9 Å². The van der Waals surface area contributed by atoms with E-state index >= 15 is 0 Å². The molecule has 380 valence electrons. The molecule has 9 rings (SSSR count). The van der Waals surface area contributed by atoms with Crippen LogP contribution in [0.25, 0.3) is 10.9 Å². The molecule has 1 aromatic heterocycles. The number of carbonyl (C=O) groups excluding carboxylic acids is 4. The largest absolute Gasteiger partial charge is 0.496 e. The summed E-state index contributed by atoms with van der Waals surface area (Å²) in [6.45, 7) is 9.46. The van der Waals surface area contributed by atoms with Crippen LogP contribution in [0, 0.1) is 24.2 Å². The summed E-state index contributed by atoms with van der Waals surface area (Å²) >= 11 is 6.44. The number of nitrogens with zero attached hydrogens (tertiary/aromatic N) is 6. The van der Waals surface area contributed by atoms with Crippen LogP contribution in [-0.4, -0.2) is 108 Å². The lowest BCUT2D eigenvalue weighted by Gasteiger charge is -2.46. The lowest BCUT2D eigenvalue weighted by molar-refractivity contribution is -0.139. The van der Waals surface area contributed by atoms with Gasteiger partial charge < -0.3 is 25.6 Å². The molecule has 4 heterocycles. The highest BCUT2D eigenvalue weighted by Crippen LogP contribution is 2.48. The predicted octanol–water partition coefficient (Wildman–Crippen LogP) is 9.74. The Labute approximate surface area is 418 Å². The number of imide groups is 1. The maximum absolute atomic E-state index is 13.9. The van der Waals surface area contributed by atoms with Crippen LogP contribution in [-0.2, 0) is 15.8 Å². The summed E-state index contributed by atoms with van der Waals surface area (Å²) in [5, 5.41) is 6.76. The number of hydrogen-bond donors (Lipinski definition) is 3. The molecule has 3 aromatic carbocycles. The minimum absolute atomic E-state index is 0.0266. The molecule has 1 spiro atoms. The lowest BCUT2D eigenvalue weighted by atomic mass is 9.65. The van der Waals surface area contributed by atoms with E-state index in [2.05, 4.69) is 30.4 Å². The van der Waals surface area contributed by atoms with Crippen LogP contribution in [0.4, 0.5) is 35.2 Å². The first kappa shape index (κ1) is 50.3. The molecule has 4 N–H and O–H groups in total. The van der Waals surface area contributed by atoms with Crippen LogP contribution >= 0.6 is 11.6 Å². The number of piperidine rings is 1. The number of alkyl halides is 3. The predicted molar refractivity (Wildman–Crippen MR) is 268 cm³/mol. The SMILES string of the molecule is COc1cc2nc(C)nc(N[C@H](C)c3cc(N)cc(C(F)(F)F)c3)c2cc1[C@H]1CC[C@@H](C(=O)N2CCN(CCC3CCC4(CC3)CCN(C(=O)c3ccc(Cl)c(N5CCC(=O)NC5=O)c3)CC4)CC2)CC1. The van der Waals surface area contributed by atoms with Gasteiger partial charge in [0.15, 0.2) is 0 Å². The molecule has 0 unspecified atom stereocenters. The molecule has 18 heteroatoms. The number of aromatic nitrogens is 2. The minimum Gasteiger partial charge on any atom is -0.496 e. The smallest absolute Gasteiger partial charge is 0.416 e. The maximum atomic E-state index is 13.9. The number of aryl methyl sites for hydroxylation is 1. The van der Waals surface area contributed by atoms with Crippen molar-refractivity contribution in [1.82, 2.24) is 30.0 Å². The summed E-state index contributed by atoms with van der Waals surface area (Å²) < 4.78 is 46.8. The second kappa shape index (κ2) is 20.8. The fourth-order valence-corrected chi connectivity index (χ4v) is 12.1. The monoisotopic (exact) mass is 999 g/mol. The topological polar surface area (TPSA) is 166 Å². The third-order valence-corrected chi connectivity index (χ3v) is 16.5.